The Bertz CT molecular complexity index is 193. The van der Waals surface area contributed by atoms with Crippen molar-refractivity contribution in [2.75, 3.05) is 45.8 Å². The Morgan fingerprint density at radius 2 is 2.06 bits per heavy atom. The van der Waals surface area contributed by atoms with Crippen molar-refractivity contribution in [2.45, 2.75) is 32.6 Å². The van der Waals surface area contributed by atoms with Crippen molar-refractivity contribution in [2.24, 2.45) is 5.41 Å². The summed E-state index contributed by atoms with van der Waals surface area (Å²) in [5, 5.41) is 7.08. The molecule has 0 bridgehead atoms. The average molecular weight is 225 g/mol. The third-order valence-corrected chi connectivity index (χ3v) is 4.15. The summed E-state index contributed by atoms with van der Waals surface area (Å²) in [7, 11) is 0. The van der Waals surface area contributed by atoms with Crippen molar-refractivity contribution in [1.29, 1.82) is 0 Å². The molecule has 16 heavy (non-hydrogen) atoms. The van der Waals surface area contributed by atoms with E-state index < -0.39 is 0 Å². The molecule has 0 spiro atoms. The first kappa shape index (κ1) is 12.3. The van der Waals surface area contributed by atoms with Crippen molar-refractivity contribution in [3.8, 4) is 0 Å². The van der Waals surface area contributed by atoms with Crippen LogP contribution < -0.4 is 10.6 Å². The Balaban J connectivity index is 1.53. The second-order valence-corrected chi connectivity index (χ2v) is 5.79. The van der Waals surface area contributed by atoms with Crippen molar-refractivity contribution in [1.82, 2.24) is 15.5 Å². The molecule has 2 N–H and O–H groups in total. The Labute approximate surface area is 100.0 Å². The summed E-state index contributed by atoms with van der Waals surface area (Å²) in [5.74, 6) is 0. The first-order chi connectivity index (χ1) is 7.79. The summed E-state index contributed by atoms with van der Waals surface area (Å²) in [6, 6.07) is 0. The zero-order valence-corrected chi connectivity index (χ0v) is 10.7. The van der Waals surface area contributed by atoms with E-state index in [-0.39, 0.29) is 0 Å². The molecule has 0 aromatic carbocycles. The van der Waals surface area contributed by atoms with Gasteiger partial charge < -0.3 is 15.5 Å². The van der Waals surface area contributed by atoms with Gasteiger partial charge in [0.2, 0.25) is 0 Å². The highest BCUT2D eigenvalue weighted by molar-refractivity contribution is 4.85. The van der Waals surface area contributed by atoms with E-state index in [1.54, 1.807) is 0 Å². The van der Waals surface area contributed by atoms with Gasteiger partial charge in [0.25, 0.3) is 0 Å². The molecule has 2 rings (SSSR count). The van der Waals surface area contributed by atoms with E-state index in [4.69, 9.17) is 0 Å². The highest BCUT2D eigenvalue weighted by Gasteiger charge is 2.30. The number of rotatable bonds is 5. The van der Waals surface area contributed by atoms with E-state index in [2.05, 4.69) is 22.5 Å². The summed E-state index contributed by atoms with van der Waals surface area (Å²) in [6.45, 7) is 10.9. The van der Waals surface area contributed by atoms with Gasteiger partial charge in [-0.05, 0) is 37.8 Å². The van der Waals surface area contributed by atoms with Crippen molar-refractivity contribution >= 4 is 0 Å². The normalized spacial score (nSPS) is 26.1. The van der Waals surface area contributed by atoms with Crippen LogP contribution in [0.15, 0.2) is 0 Å². The predicted octanol–water partition coefficient (Wildman–Crippen LogP) is 1.06. The van der Waals surface area contributed by atoms with Crippen LogP contribution in [0.4, 0.5) is 0 Å². The molecule has 94 valence electrons. The first-order valence-corrected chi connectivity index (χ1v) is 6.92. The summed E-state index contributed by atoms with van der Waals surface area (Å²) >= 11 is 0. The van der Waals surface area contributed by atoms with Crippen LogP contribution in [-0.2, 0) is 0 Å². The third-order valence-electron chi connectivity index (χ3n) is 4.15. The van der Waals surface area contributed by atoms with Crippen molar-refractivity contribution in [3.05, 3.63) is 0 Å². The second-order valence-electron chi connectivity index (χ2n) is 5.79. The van der Waals surface area contributed by atoms with Crippen LogP contribution in [0.1, 0.15) is 32.6 Å². The average Bonchev–Trinajstić information content (AvgIpc) is 2.50. The standard InChI is InChI=1S/C13H27N3/c1-13(4-2-5-13)12-15-8-11-16-9-3-6-14-7-10-16/h14-15H,2-12H2,1H3. The quantitative estimate of drug-likeness (QED) is 0.685. The molecule has 3 heteroatoms. The fourth-order valence-corrected chi connectivity index (χ4v) is 2.71. The third kappa shape index (κ3) is 3.72. The van der Waals surface area contributed by atoms with Crippen LogP contribution in [0, 0.1) is 5.41 Å². The Morgan fingerprint density at radius 3 is 2.81 bits per heavy atom. The number of nitrogens with one attached hydrogen (secondary N) is 2. The molecule has 0 atom stereocenters. The molecular formula is C13H27N3. The highest BCUT2D eigenvalue weighted by atomic mass is 15.2. The molecule has 0 amide bonds. The fourth-order valence-electron chi connectivity index (χ4n) is 2.71. The summed E-state index contributed by atoms with van der Waals surface area (Å²) in [5.41, 5.74) is 0.625. The van der Waals surface area contributed by atoms with E-state index >= 15 is 0 Å². The largest absolute Gasteiger partial charge is 0.315 e. The maximum atomic E-state index is 3.63. The zero-order chi connectivity index (χ0) is 11.3. The highest BCUT2D eigenvalue weighted by Crippen LogP contribution is 2.39. The maximum Gasteiger partial charge on any atom is 0.0107 e. The molecule has 3 nitrogen and oxygen atoms in total. The van der Waals surface area contributed by atoms with Gasteiger partial charge in [0, 0.05) is 32.7 Å². The molecule has 1 saturated carbocycles. The molecule has 1 saturated heterocycles. The monoisotopic (exact) mass is 225 g/mol. The minimum absolute atomic E-state index is 0.625. The van der Waals surface area contributed by atoms with E-state index in [1.165, 1.54) is 58.4 Å². The molecule has 2 fully saturated rings. The zero-order valence-electron chi connectivity index (χ0n) is 10.7. The molecule has 0 aromatic heterocycles. The van der Waals surface area contributed by atoms with E-state index in [0.29, 0.717) is 5.41 Å². The molecule has 0 unspecified atom stereocenters. The van der Waals surface area contributed by atoms with Gasteiger partial charge in [0.05, 0.1) is 0 Å². The molecule has 1 aliphatic heterocycles. The van der Waals surface area contributed by atoms with Crippen molar-refractivity contribution < 1.29 is 0 Å². The smallest absolute Gasteiger partial charge is 0.0107 e. The van der Waals surface area contributed by atoms with E-state index in [0.717, 1.165) is 13.1 Å². The molecule has 0 radical (unpaired) electrons. The van der Waals surface area contributed by atoms with Crippen LogP contribution in [0.5, 0.6) is 0 Å². The minimum Gasteiger partial charge on any atom is -0.315 e. The topological polar surface area (TPSA) is 27.3 Å². The molecule has 2 aliphatic rings. The lowest BCUT2D eigenvalue weighted by atomic mass is 9.70. The fraction of sp³-hybridized carbons (Fsp3) is 1.00. The Morgan fingerprint density at radius 1 is 1.19 bits per heavy atom. The van der Waals surface area contributed by atoms with Crippen molar-refractivity contribution in [3.63, 3.8) is 0 Å². The lowest BCUT2D eigenvalue weighted by Gasteiger charge is -2.38. The molecule has 1 aliphatic carbocycles. The lowest BCUT2D eigenvalue weighted by molar-refractivity contribution is 0.154. The van der Waals surface area contributed by atoms with Crippen LogP contribution in [0.2, 0.25) is 0 Å². The number of nitrogens with zero attached hydrogens (tertiary/aromatic N) is 1. The van der Waals surface area contributed by atoms with Crippen LogP contribution >= 0.6 is 0 Å². The van der Waals surface area contributed by atoms with Gasteiger partial charge in [-0.3, -0.25) is 0 Å². The van der Waals surface area contributed by atoms with Gasteiger partial charge in [0.1, 0.15) is 0 Å². The Hall–Kier alpha value is -0.120. The van der Waals surface area contributed by atoms with Gasteiger partial charge in [0.15, 0.2) is 0 Å². The van der Waals surface area contributed by atoms with Gasteiger partial charge >= 0.3 is 0 Å². The van der Waals surface area contributed by atoms with Gasteiger partial charge in [-0.25, -0.2) is 0 Å². The Kier molecular flexibility index (Phi) is 4.62. The summed E-state index contributed by atoms with van der Waals surface area (Å²) in [4.78, 5) is 2.58. The van der Waals surface area contributed by atoms with E-state index in [1.807, 2.05) is 0 Å². The second kappa shape index (κ2) is 5.99. The van der Waals surface area contributed by atoms with E-state index in [9.17, 15) is 0 Å². The SMILES string of the molecule is CC1(CNCCN2CCCNCC2)CCC1. The first-order valence-electron chi connectivity index (χ1n) is 6.92. The lowest BCUT2D eigenvalue weighted by Crippen LogP contribution is -2.41. The summed E-state index contributed by atoms with van der Waals surface area (Å²) < 4.78 is 0. The van der Waals surface area contributed by atoms with Gasteiger partial charge in [-0.1, -0.05) is 13.3 Å². The minimum atomic E-state index is 0.625. The maximum absolute atomic E-state index is 3.63. The van der Waals surface area contributed by atoms with Crippen LogP contribution in [0.25, 0.3) is 0 Å². The summed E-state index contributed by atoms with van der Waals surface area (Å²) in [6.07, 6.45) is 5.59. The van der Waals surface area contributed by atoms with Crippen LogP contribution in [0.3, 0.4) is 0 Å². The van der Waals surface area contributed by atoms with Gasteiger partial charge in [-0.2, -0.15) is 0 Å². The molecular weight excluding hydrogens is 198 g/mol. The molecule has 1 heterocycles. The van der Waals surface area contributed by atoms with Crippen LogP contribution in [-0.4, -0.2) is 50.7 Å². The number of hydrogen-bond acceptors (Lipinski definition) is 3. The predicted molar refractivity (Wildman–Crippen MR) is 68.8 cm³/mol. The van der Waals surface area contributed by atoms with Gasteiger partial charge in [-0.15, -0.1) is 0 Å². The number of hydrogen-bond donors (Lipinski definition) is 2. The molecule has 0 aromatic rings.